The molecule has 20 heavy (non-hydrogen) atoms. The van der Waals surface area contributed by atoms with Gasteiger partial charge in [0.05, 0.1) is 5.75 Å². The van der Waals surface area contributed by atoms with Gasteiger partial charge in [0.25, 0.3) is 0 Å². The average molecular weight is 295 g/mol. The minimum Gasteiger partial charge on any atom is -0.480 e. The van der Waals surface area contributed by atoms with Crippen molar-refractivity contribution in [1.29, 1.82) is 0 Å². The minimum atomic E-state index is -1.20. The van der Waals surface area contributed by atoms with Crippen LogP contribution in [0.3, 0.4) is 0 Å². The Hall–Kier alpha value is -1.49. The average Bonchev–Trinajstić information content (AvgIpc) is 2.39. The molecule has 0 saturated carbocycles. The van der Waals surface area contributed by atoms with E-state index in [1.165, 1.54) is 18.7 Å². The summed E-state index contributed by atoms with van der Waals surface area (Å²) in [7, 11) is 0. The van der Waals surface area contributed by atoms with Crippen LogP contribution in [-0.2, 0) is 9.59 Å². The summed E-state index contributed by atoms with van der Waals surface area (Å²) in [5.41, 5.74) is 1.06. The van der Waals surface area contributed by atoms with Gasteiger partial charge in [-0.05, 0) is 38.8 Å². The summed E-state index contributed by atoms with van der Waals surface area (Å²) in [5.74, 6) is -1.06. The molecule has 0 aliphatic heterocycles. The van der Waals surface area contributed by atoms with Crippen molar-refractivity contribution in [3.63, 3.8) is 0 Å². The summed E-state index contributed by atoms with van der Waals surface area (Å²) < 4.78 is 0. The van der Waals surface area contributed by atoms with Gasteiger partial charge in [-0.2, -0.15) is 0 Å². The van der Waals surface area contributed by atoms with Crippen molar-refractivity contribution >= 4 is 23.6 Å². The number of carboxylic acids is 1. The summed E-state index contributed by atoms with van der Waals surface area (Å²) >= 11 is 1.43. The highest BCUT2D eigenvalue weighted by Gasteiger charge is 2.32. The second-order valence-corrected chi connectivity index (χ2v) is 6.11. The number of aliphatic carboxylic acids is 1. The van der Waals surface area contributed by atoms with Crippen LogP contribution in [-0.4, -0.2) is 28.3 Å². The van der Waals surface area contributed by atoms with Gasteiger partial charge in [-0.3, -0.25) is 4.79 Å². The predicted molar refractivity (Wildman–Crippen MR) is 81.1 cm³/mol. The molecule has 1 amide bonds. The van der Waals surface area contributed by atoms with Crippen LogP contribution < -0.4 is 5.32 Å². The highest BCUT2D eigenvalue weighted by Crippen LogP contribution is 2.23. The standard InChI is InChI=1S/C15H21NO3S/c1-5-15(4,14(18)19)16-13(17)9-20-12-8-10(2)6-7-11(12)3/h6-8H,5,9H2,1-4H3,(H,16,17)(H,18,19). The fourth-order valence-electron chi connectivity index (χ4n) is 1.64. The van der Waals surface area contributed by atoms with Gasteiger partial charge in [-0.15, -0.1) is 11.8 Å². The second kappa shape index (κ2) is 6.79. The molecule has 1 aromatic rings. The van der Waals surface area contributed by atoms with E-state index in [0.717, 1.165) is 16.0 Å². The van der Waals surface area contributed by atoms with Crippen LogP contribution in [0.5, 0.6) is 0 Å². The smallest absolute Gasteiger partial charge is 0.329 e. The van der Waals surface area contributed by atoms with Crippen molar-refractivity contribution in [2.24, 2.45) is 0 Å². The molecule has 110 valence electrons. The normalized spacial score (nSPS) is 13.6. The molecule has 0 bridgehead atoms. The fraction of sp³-hybridized carbons (Fsp3) is 0.467. The Kier molecular flexibility index (Phi) is 5.62. The lowest BCUT2D eigenvalue weighted by Gasteiger charge is -2.24. The monoisotopic (exact) mass is 295 g/mol. The van der Waals surface area contributed by atoms with Gasteiger partial charge in [-0.1, -0.05) is 24.6 Å². The Morgan fingerprint density at radius 1 is 1.35 bits per heavy atom. The number of carbonyl (C=O) groups excluding carboxylic acids is 1. The van der Waals surface area contributed by atoms with E-state index in [1.54, 1.807) is 6.92 Å². The third-order valence-corrected chi connectivity index (χ3v) is 4.45. The third-order valence-electron chi connectivity index (χ3n) is 3.30. The van der Waals surface area contributed by atoms with E-state index in [2.05, 4.69) is 5.32 Å². The number of rotatable bonds is 6. The number of thioether (sulfide) groups is 1. The maximum absolute atomic E-state index is 11.9. The Morgan fingerprint density at radius 3 is 2.55 bits per heavy atom. The van der Waals surface area contributed by atoms with Gasteiger partial charge < -0.3 is 10.4 Å². The number of aryl methyl sites for hydroxylation is 2. The first kappa shape index (κ1) is 16.6. The maximum atomic E-state index is 11.9. The molecule has 0 aromatic heterocycles. The quantitative estimate of drug-likeness (QED) is 0.792. The minimum absolute atomic E-state index is 0.215. The van der Waals surface area contributed by atoms with Crippen molar-refractivity contribution in [1.82, 2.24) is 5.32 Å². The van der Waals surface area contributed by atoms with E-state index >= 15 is 0 Å². The van der Waals surface area contributed by atoms with Crippen molar-refractivity contribution in [3.05, 3.63) is 29.3 Å². The molecule has 0 radical (unpaired) electrons. The number of nitrogens with one attached hydrogen (secondary N) is 1. The van der Waals surface area contributed by atoms with Crippen LogP contribution in [0.2, 0.25) is 0 Å². The zero-order chi connectivity index (χ0) is 15.3. The number of amides is 1. The molecule has 0 heterocycles. The zero-order valence-electron chi connectivity index (χ0n) is 12.3. The van der Waals surface area contributed by atoms with Crippen molar-refractivity contribution in [3.8, 4) is 0 Å². The molecular weight excluding hydrogens is 274 g/mol. The van der Waals surface area contributed by atoms with Crippen LogP contribution >= 0.6 is 11.8 Å². The number of hydrogen-bond acceptors (Lipinski definition) is 3. The predicted octanol–water partition coefficient (Wildman–Crippen LogP) is 2.77. The molecule has 0 aliphatic carbocycles. The highest BCUT2D eigenvalue weighted by atomic mass is 32.2. The molecule has 4 nitrogen and oxygen atoms in total. The van der Waals surface area contributed by atoms with E-state index < -0.39 is 11.5 Å². The molecule has 1 aromatic carbocycles. The lowest BCUT2D eigenvalue weighted by atomic mass is 9.99. The molecule has 1 rings (SSSR count). The molecule has 1 unspecified atom stereocenters. The van der Waals surface area contributed by atoms with E-state index in [9.17, 15) is 9.59 Å². The van der Waals surface area contributed by atoms with Gasteiger partial charge in [0.1, 0.15) is 5.54 Å². The van der Waals surface area contributed by atoms with Crippen LogP contribution in [0.4, 0.5) is 0 Å². The molecule has 0 spiro atoms. The summed E-state index contributed by atoms with van der Waals surface area (Å²) in [4.78, 5) is 24.1. The first-order chi connectivity index (χ1) is 9.28. The number of carboxylic acid groups (broad SMARTS) is 1. The molecular formula is C15H21NO3S. The number of benzene rings is 1. The van der Waals surface area contributed by atoms with Gasteiger partial charge >= 0.3 is 5.97 Å². The van der Waals surface area contributed by atoms with Gasteiger partial charge in [-0.25, -0.2) is 4.79 Å². The van der Waals surface area contributed by atoms with Crippen molar-refractivity contribution in [2.75, 3.05) is 5.75 Å². The molecule has 5 heteroatoms. The second-order valence-electron chi connectivity index (χ2n) is 5.10. The van der Waals surface area contributed by atoms with E-state index in [-0.39, 0.29) is 11.7 Å². The Bertz CT molecular complexity index is 516. The summed E-state index contributed by atoms with van der Waals surface area (Å²) in [6, 6.07) is 6.07. The van der Waals surface area contributed by atoms with Crippen molar-refractivity contribution in [2.45, 2.75) is 44.6 Å². The summed E-state index contributed by atoms with van der Waals surface area (Å²) in [5, 5.41) is 11.7. The number of carbonyl (C=O) groups is 2. The lowest BCUT2D eigenvalue weighted by Crippen LogP contribution is -2.52. The van der Waals surface area contributed by atoms with Crippen LogP contribution in [0.15, 0.2) is 23.1 Å². The topological polar surface area (TPSA) is 66.4 Å². The fourth-order valence-corrected chi connectivity index (χ4v) is 2.57. The molecule has 0 fully saturated rings. The lowest BCUT2D eigenvalue weighted by molar-refractivity contribution is -0.146. The van der Waals surface area contributed by atoms with E-state index in [4.69, 9.17) is 5.11 Å². The van der Waals surface area contributed by atoms with Crippen molar-refractivity contribution < 1.29 is 14.7 Å². The highest BCUT2D eigenvalue weighted by molar-refractivity contribution is 8.00. The van der Waals surface area contributed by atoms with Crippen LogP contribution in [0.1, 0.15) is 31.4 Å². The molecule has 0 aliphatic rings. The van der Waals surface area contributed by atoms with E-state index in [0.29, 0.717) is 6.42 Å². The first-order valence-electron chi connectivity index (χ1n) is 6.53. The van der Waals surface area contributed by atoms with Crippen LogP contribution in [0.25, 0.3) is 0 Å². The Balaban J connectivity index is 2.64. The maximum Gasteiger partial charge on any atom is 0.329 e. The molecule has 0 saturated heterocycles. The van der Waals surface area contributed by atoms with Gasteiger partial charge in [0.2, 0.25) is 5.91 Å². The van der Waals surface area contributed by atoms with Crippen LogP contribution in [0, 0.1) is 13.8 Å². The Morgan fingerprint density at radius 2 is 2.00 bits per heavy atom. The summed E-state index contributed by atoms with van der Waals surface area (Å²) in [6.45, 7) is 7.26. The van der Waals surface area contributed by atoms with Gasteiger partial charge in [0, 0.05) is 4.90 Å². The molecule has 1 atom stereocenters. The summed E-state index contributed by atoms with van der Waals surface area (Å²) in [6.07, 6.45) is 0.349. The van der Waals surface area contributed by atoms with E-state index in [1.807, 2.05) is 32.0 Å². The Labute approximate surface area is 124 Å². The van der Waals surface area contributed by atoms with Gasteiger partial charge in [0.15, 0.2) is 0 Å². The largest absolute Gasteiger partial charge is 0.480 e. The first-order valence-corrected chi connectivity index (χ1v) is 7.51. The molecule has 2 N–H and O–H groups in total. The number of hydrogen-bond donors (Lipinski definition) is 2. The third kappa shape index (κ3) is 4.27. The SMILES string of the molecule is CCC(C)(NC(=O)CSc1cc(C)ccc1C)C(=O)O. The zero-order valence-corrected chi connectivity index (χ0v) is 13.1.